The number of nitrogens with one attached hydrogen (secondary N) is 1. The van der Waals surface area contributed by atoms with Gasteiger partial charge in [-0.15, -0.1) is 0 Å². The molecular formula is C12H25N3O. The molecule has 16 heavy (non-hydrogen) atoms. The van der Waals surface area contributed by atoms with Crippen LogP contribution in [0.15, 0.2) is 0 Å². The molecule has 0 aromatic rings. The highest BCUT2D eigenvalue weighted by atomic mass is 16.5. The summed E-state index contributed by atoms with van der Waals surface area (Å²) in [6, 6.07) is 0.578. The summed E-state index contributed by atoms with van der Waals surface area (Å²) in [7, 11) is 2.22. The number of nitrogens with zero attached hydrogens (tertiary/aromatic N) is 2. The quantitative estimate of drug-likeness (QED) is 0.735. The van der Waals surface area contributed by atoms with E-state index in [0.717, 1.165) is 19.8 Å². The molecule has 0 amide bonds. The van der Waals surface area contributed by atoms with Crippen molar-refractivity contribution in [2.24, 2.45) is 0 Å². The third-order valence-electron chi connectivity index (χ3n) is 3.60. The van der Waals surface area contributed by atoms with Crippen LogP contribution in [0.25, 0.3) is 0 Å². The molecule has 0 radical (unpaired) electrons. The smallest absolute Gasteiger partial charge is 0.0620 e. The highest BCUT2D eigenvalue weighted by molar-refractivity contribution is 4.74. The zero-order valence-electron chi connectivity index (χ0n) is 10.5. The largest absolute Gasteiger partial charge is 0.379 e. The standard InChI is InChI=1S/C12H25N3O/c1-14-5-2-6-15(9-8-14)7-3-12-11-16-10-4-13-12/h12-13H,2-11H2,1H3. The van der Waals surface area contributed by atoms with Gasteiger partial charge in [0.2, 0.25) is 0 Å². The lowest BCUT2D eigenvalue weighted by Crippen LogP contribution is -2.43. The molecule has 1 N–H and O–H groups in total. The summed E-state index contributed by atoms with van der Waals surface area (Å²) < 4.78 is 5.47. The van der Waals surface area contributed by atoms with Crippen molar-refractivity contribution in [2.45, 2.75) is 18.9 Å². The van der Waals surface area contributed by atoms with E-state index < -0.39 is 0 Å². The first-order chi connectivity index (χ1) is 7.84. The van der Waals surface area contributed by atoms with Gasteiger partial charge in [-0.25, -0.2) is 0 Å². The molecule has 0 aromatic heterocycles. The minimum absolute atomic E-state index is 0.578. The van der Waals surface area contributed by atoms with Crippen LogP contribution in [0.2, 0.25) is 0 Å². The van der Waals surface area contributed by atoms with Crippen LogP contribution in [0.4, 0.5) is 0 Å². The number of hydrogen-bond acceptors (Lipinski definition) is 4. The van der Waals surface area contributed by atoms with Crippen molar-refractivity contribution in [3.63, 3.8) is 0 Å². The van der Waals surface area contributed by atoms with Crippen molar-refractivity contribution in [2.75, 3.05) is 59.5 Å². The first-order valence-corrected chi connectivity index (χ1v) is 6.56. The summed E-state index contributed by atoms with van der Waals surface area (Å²) in [5.74, 6) is 0. The molecule has 0 spiro atoms. The summed E-state index contributed by atoms with van der Waals surface area (Å²) in [5.41, 5.74) is 0. The molecule has 0 bridgehead atoms. The summed E-state index contributed by atoms with van der Waals surface area (Å²) in [6.45, 7) is 8.97. The molecule has 0 aromatic carbocycles. The first kappa shape index (κ1) is 12.3. The third-order valence-corrected chi connectivity index (χ3v) is 3.60. The molecule has 0 saturated carbocycles. The highest BCUT2D eigenvalue weighted by Crippen LogP contribution is 2.05. The molecule has 94 valence electrons. The van der Waals surface area contributed by atoms with Crippen molar-refractivity contribution >= 4 is 0 Å². The Morgan fingerprint density at radius 3 is 3.00 bits per heavy atom. The van der Waals surface area contributed by atoms with E-state index in [9.17, 15) is 0 Å². The van der Waals surface area contributed by atoms with Gasteiger partial charge >= 0.3 is 0 Å². The maximum Gasteiger partial charge on any atom is 0.0620 e. The van der Waals surface area contributed by atoms with Crippen molar-refractivity contribution in [1.29, 1.82) is 0 Å². The molecule has 1 unspecified atom stereocenters. The summed E-state index contributed by atoms with van der Waals surface area (Å²) in [4.78, 5) is 5.03. The molecule has 4 nitrogen and oxygen atoms in total. The first-order valence-electron chi connectivity index (χ1n) is 6.56. The van der Waals surface area contributed by atoms with E-state index in [1.807, 2.05) is 0 Å². The Bertz CT molecular complexity index is 195. The Kier molecular flexibility index (Phi) is 5.03. The zero-order valence-corrected chi connectivity index (χ0v) is 10.5. The molecule has 2 aliphatic rings. The highest BCUT2D eigenvalue weighted by Gasteiger charge is 2.16. The molecule has 1 atom stereocenters. The number of hydrogen-bond donors (Lipinski definition) is 1. The van der Waals surface area contributed by atoms with Gasteiger partial charge in [0, 0.05) is 25.7 Å². The predicted octanol–water partition coefficient (Wildman–Crippen LogP) is 0.00240. The minimum Gasteiger partial charge on any atom is -0.379 e. The van der Waals surface area contributed by atoms with Crippen LogP contribution in [-0.4, -0.2) is 75.4 Å². The van der Waals surface area contributed by atoms with Gasteiger partial charge in [0.15, 0.2) is 0 Å². The minimum atomic E-state index is 0.578. The van der Waals surface area contributed by atoms with Crippen molar-refractivity contribution in [3.05, 3.63) is 0 Å². The summed E-state index contributed by atoms with van der Waals surface area (Å²) in [5, 5.41) is 3.52. The number of morpholine rings is 1. The maximum atomic E-state index is 5.47. The molecular weight excluding hydrogens is 202 g/mol. The second-order valence-electron chi connectivity index (χ2n) is 5.01. The molecule has 0 aliphatic carbocycles. The average molecular weight is 227 g/mol. The van der Waals surface area contributed by atoms with Gasteiger partial charge in [-0.2, -0.15) is 0 Å². The Morgan fingerprint density at radius 2 is 2.19 bits per heavy atom. The van der Waals surface area contributed by atoms with Gasteiger partial charge in [0.1, 0.15) is 0 Å². The summed E-state index contributed by atoms with van der Waals surface area (Å²) >= 11 is 0. The predicted molar refractivity (Wildman–Crippen MR) is 65.8 cm³/mol. The second-order valence-corrected chi connectivity index (χ2v) is 5.01. The van der Waals surface area contributed by atoms with Crippen LogP contribution in [-0.2, 0) is 4.74 Å². The SMILES string of the molecule is CN1CCCN(CCC2COCCN2)CC1. The fraction of sp³-hybridized carbons (Fsp3) is 1.00. The molecule has 2 aliphatic heterocycles. The Balaban J connectivity index is 1.64. The van der Waals surface area contributed by atoms with E-state index in [2.05, 4.69) is 22.2 Å². The molecule has 4 heteroatoms. The Morgan fingerprint density at radius 1 is 1.25 bits per heavy atom. The van der Waals surface area contributed by atoms with E-state index in [4.69, 9.17) is 4.74 Å². The summed E-state index contributed by atoms with van der Waals surface area (Å²) in [6.07, 6.45) is 2.54. The van der Waals surface area contributed by atoms with E-state index in [1.165, 1.54) is 45.6 Å². The lowest BCUT2D eigenvalue weighted by molar-refractivity contribution is 0.0701. The van der Waals surface area contributed by atoms with E-state index in [1.54, 1.807) is 0 Å². The molecule has 2 rings (SSSR count). The van der Waals surface area contributed by atoms with Gasteiger partial charge in [-0.05, 0) is 39.5 Å². The van der Waals surface area contributed by atoms with Crippen LogP contribution in [0, 0.1) is 0 Å². The lowest BCUT2D eigenvalue weighted by atomic mass is 10.2. The van der Waals surface area contributed by atoms with E-state index >= 15 is 0 Å². The molecule has 2 heterocycles. The number of likely N-dealkylation sites (N-methyl/N-ethyl adjacent to an activating group) is 1. The van der Waals surface area contributed by atoms with Gasteiger partial charge in [0.25, 0.3) is 0 Å². The van der Waals surface area contributed by atoms with Crippen molar-refractivity contribution in [3.8, 4) is 0 Å². The van der Waals surface area contributed by atoms with Gasteiger partial charge in [0.05, 0.1) is 13.2 Å². The van der Waals surface area contributed by atoms with Gasteiger partial charge in [-0.3, -0.25) is 0 Å². The zero-order chi connectivity index (χ0) is 11.2. The van der Waals surface area contributed by atoms with Crippen LogP contribution in [0.3, 0.4) is 0 Å². The second kappa shape index (κ2) is 6.55. The number of ether oxygens (including phenoxy) is 1. The van der Waals surface area contributed by atoms with Crippen LogP contribution >= 0.6 is 0 Å². The topological polar surface area (TPSA) is 27.7 Å². The van der Waals surface area contributed by atoms with Gasteiger partial charge in [-0.1, -0.05) is 0 Å². The lowest BCUT2D eigenvalue weighted by Gasteiger charge is -2.27. The van der Waals surface area contributed by atoms with Crippen LogP contribution in [0.5, 0.6) is 0 Å². The van der Waals surface area contributed by atoms with Gasteiger partial charge < -0.3 is 19.9 Å². The fourth-order valence-corrected chi connectivity index (χ4v) is 2.47. The Hall–Kier alpha value is -0.160. The normalized spacial score (nSPS) is 30.2. The average Bonchev–Trinajstić information content (AvgIpc) is 2.53. The monoisotopic (exact) mass is 227 g/mol. The fourth-order valence-electron chi connectivity index (χ4n) is 2.47. The van der Waals surface area contributed by atoms with E-state index in [-0.39, 0.29) is 0 Å². The maximum absolute atomic E-state index is 5.47. The molecule has 2 fully saturated rings. The van der Waals surface area contributed by atoms with Crippen LogP contribution in [0.1, 0.15) is 12.8 Å². The van der Waals surface area contributed by atoms with Crippen molar-refractivity contribution in [1.82, 2.24) is 15.1 Å². The third kappa shape index (κ3) is 4.01. The van der Waals surface area contributed by atoms with Crippen molar-refractivity contribution < 1.29 is 4.74 Å². The number of rotatable bonds is 3. The molecule has 2 saturated heterocycles. The van der Waals surface area contributed by atoms with E-state index in [0.29, 0.717) is 6.04 Å². The van der Waals surface area contributed by atoms with Crippen LogP contribution < -0.4 is 5.32 Å². The Labute approximate surface area is 98.9 Å².